The fourth-order valence-corrected chi connectivity index (χ4v) is 7.52. The van der Waals surface area contributed by atoms with Gasteiger partial charge in [0.05, 0.1) is 19.7 Å². The monoisotopic (exact) mass is 907 g/mol. The Morgan fingerprint density at radius 3 is 2.12 bits per heavy atom. The standard InChI is InChI=1S/C48H57N7O11/c1-3-4-7-28-9-12-30(13-10-28)31-14-16-32(17-15-31)44(61)54-38(27-56)45(62)50-25-41(59)52-36(8-5-6-21-49)47(64)55(2)43-33-18-20-40(58)35(24-33)34-22-29(11-19-39(34)57)23-37(48(65)66)53-42(60)26-51-46(43)63/h9-20,22,24,36-38,43,56-58H,3-8,21,23,25-27,49H2,1-2H3,(H,50,62)(H,51,63)(H,52,59)(H,53,60)(H,54,61)(H,65,66). The van der Waals surface area contributed by atoms with Gasteiger partial charge in [0.1, 0.15) is 35.7 Å². The van der Waals surface area contributed by atoms with E-state index in [-0.39, 0.29) is 53.1 Å². The normalized spacial score (nSPS) is 15.8. The molecule has 66 heavy (non-hydrogen) atoms. The predicted octanol–water partition coefficient (Wildman–Crippen LogP) is 2.04. The minimum absolute atomic E-state index is 0.0489. The minimum atomic E-state index is -1.51. The van der Waals surface area contributed by atoms with Gasteiger partial charge in [-0.25, -0.2) is 4.79 Å². The summed E-state index contributed by atoms with van der Waals surface area (Å²) in [5.74, 6) is -6.76. The van der Waals surface area contributed by atoms with Gasteiger partial charge in [-0.3, -0.25) is 28.8 Å². The number of phenolic OH excluding ortho intramolecular Hbond substituents is 2. The number of nitrogens with zero attached hydrogens (tertiary/aromatic N) is 1. The van der Waals surface area contributed by atoms with Gasteiger partial charge in [-0.05, 0) is 103 Å². The highest BCUT2D eigenvalue weighted by molar-refractivity contribution is 5.99. The molecule has 5 rings (SSSR count). The average Bonchev–Trinajstić information content (AvgIpc) is 3.31. The van der Waals surface area contributed by atoms with Crippen molar-refractivity contribution in [3.8, 4) is 33.8 Å². The van der Waals surface area contributed by atoms with Crippen molar-refractivity contribution in [2.75, 3.05) is 33.3 Å². The Balaban J connectivity index is 1.29. The summed E-state index contributed by atoms with van der Waals surface area (Å²) in [5.41, 5.74) is 9.71. The molecule has 0 aromatic heterocycles. The molecule has 350 valence electrons. The molecule has 4 aromatic rings. The quantitative estimate of drug-likeness (QED) is 0.0643. The predicted molar refractivity (Wildman–Crippen MR) is 244 cm³/mol. The number of aryl methyl sites for hydroxylation is 1. The summed E-state index contributed by atoms with van der Waals surface area (Å²) in [7, 11) is 1.29. The van der Waals surface area contributed by atoms with Gasteiger partial charge in [-0.1, -0.05) is 61.9 Å². The Labute approximate surface area is 382 Å². The van der Waals surface area contributed by atoms with Gasteiger partial charge < -0.3 is 57.6 Å². The first-order valence-corrected chi connectivity index (χ1v) is 21.7. The number of aliphatic carboxylic acids is 1. The molecule has 0 aliphatic carbocycles. The second kappa shape index (κ2) is 23.6. The highest BCUT2D eigenvalue weighted by Crippen LogP contribution is 2.39. The van der Waals surface area contributed by atoms with Crippen LogP contribution in [0.3, 0.4) is 0 Å². The van der Waals surface area contributed by atoms with Crippen molar-refractivity contribution in [3.05, 3.63) is 107 Å². The highest BCUT2D eigenvalue weighted by atomic mass is 16.4. The molecule has 0 radical (unpaired) electrons. The first-order valence-electron chi connectivity index (χ1n) is 21.7. The number of nitrogens with two attached hydrogens (primary N) is 1. The Morgan fingerprint density at radius 1 is 0.833 bits per heavy atom. The number of carbonyl (C=O) groups excluding carboxylic acids is 6. The zero-order valence-corrected chi connectivity index (χ0v) is 36.8. The summed E-state index contributed by atoms with van der Waals surface area (Å²) in [4.78, 5) is 93.9. The number of likely N-dealkylation sites (N-methyl/N-ethyl adjacent to an activating group) is 1. The lowest BCUT2D eigenvalue weighted by atomic mass is 9.94. The lowest BCUT2D eigenvalue weighted by Crippen LogP contribution is -2.54. The smallest absolute Gasteiger partial charge is 0.326 e. The van der Waals surface area contributed by atoms with Crippen LogP contribution < -0.4 is 32.3 Å². The molecule has 0 spiro atoms. The third-order valence-corrected chi connectivity index (χ3v) is 11.2. The largest absolute Gasteiger partial charge is 0.507 e. The van der Waals surface area contributed by atoms with Crippen molar-refractivity contribution in [1.82, 2.24) is 31.5 Å². The van der Waals surface area contributed by atoms with Gasteiger partial charge in [0.2, 0.25) is 29.5 Å². The maximum Gasteiger partial charge on any atom is 0.326 e. The summed E-state index contributed by atoms with van der Waals surface area (Å²) in [6, 6.07) is 17.5. The Kier molecular flexibility index (Phi) is 17.7. The topological polar surface area (TPSA) is 290 Å². The third-order valence-electron chi connectivity index (χ3n) is 11.2. The van der Waals surface area contributed by atoms with Gasteiger partial charge in [0.25, 0.3) is 5.91 Å². The Morgan fingerprint density at radius 2 is 1.48 bits per heavy atom. The van der Waals surface area contributed by atoms with Crippen LogP contribution in [-0.2, 0) is 41.6 Å². The van der Waals surface area contributed by atoms with Gasteiger partial charge in [-0.2, -0.15) is 0 Å². The molecule has 0 fully saturated rings. The number of aromatic hydroxyl groups is 2. The third kappa shape index (κ3) is 13.1. The number of aliphatic hydroxyl groups excluding tert-OH is 1. The van der Waals surface area contributed by atoms with E-state index >= 15 is 0 Å². The van der Waals surface area contributed by atoms with E-state index in [0.29, 0.717) is 18.4 Å². The number of rotatable bonds is 18. The molecule has 0 saturated heterocycles. The molecule has 11 N–H and O–H groups in total. The fraction of sp³-hybridized carbons (Fsp3) is 0.354. The van der Waals surface area contributed by atoms with E-state index < -0.39 is 85.3 Å². The van der Waals surface area contributed by atoms with Crippen LogP contribution >= 0.6 is 0 Å². The van der Waals surface area contributed by atoms with Crippen LogP contribution in [0.15, 0.2) is 84.9 Å². The first kappa shape index (κ1) is 49.7. The molecular formula is C48H57N7O11. The van der Waals surface area contributed by atoms with Crippen molar-refractivity contribution in [1.29, 1.82) is 0 Å². The average molecular weight is 908 g/mol. The zero-order chi connectivity index (χ0) is 47.9. The number of amides is 6. The summed E-state index contributed by atoms with van der Waals surface area (Å²) in [5, 5.41) is 53.9. The molecule has 1 aliphatic heterocycles. The number of carboxylic acids is 1. The highest BCUT2D eigenvalue weighted by Gasteiger charge is 2.35. The second-order valence-electron chi connectivity index (χ2n) is 16.1. The molecule has 4 atom stereocenters. The number of hydrogen-bond acceptors (Lipinski definition) is 11. The molecule has 1 heterocycles. The number of fused-ring (bicyclic) bond motifs is 5. The molecular weight excluding hydrogens is 851 g/mol. The Hall–Kier alpha value is -7.31. The number of unbranched alkanes of at least 4 members (excludes halogenated alkanes) is 2. The summed E-state index contributed by atoms with van der Waals surface area (Å²) in [6.45, 7) is 0.288. The van der Waals surface area contributed by atoms with Crippen LogP contribution in [-0.4, -0.2) is 118 Å². The van der Waals surface area contributed by atoms with Crippen LogP contribution in [0.2, 0.25) is 0 Å². The van der Waals surface area contributed by atoms with E-state index in [1.54, 1.807) is 24.3 Å². The van der Waals surface area contributed by atoms with E-state index in [1.807, 2.05) is 12.1 Å². The number of nitrogens with one attached hydrogen (secondary N) is 5. The summed E-state index contributed by atoms with van der Waals surface area (Å²) < 4.78 is 0. The van der Waals surface area contributed by atoms with Crippen molar-refractivity contribution in [2.45, 2.75) is 76.0 Å². The van der Waals surface area contributed by atoms with Gasteiger partial charge in [0, 0.05) is 30.2 Å². The summed E-state index contributed by atoms with van der Waals surface area (Å²) >= 11 is 0. The molecule has 4 unspecified atom stereocenters. The van der Waals surface area contributed by atoms with Crippen LogP contribution in [0.1, 0.15) is 72.1 Å². The molecule has 4 aromatic carbocycles. The Bertz CT molecular complexity index is 2390. The van der Waals surface area contributed by atoms with Crippen LogP contribution in [0, 0.1) is 0 Å². The van der Waals surface area contributed by atoms with E-state index in [1.165, 1.54) is 49.0 Å². The number of phenols is 2. The van der Waals surface area contributed by atoms with Gasteiger partial charge in [0.15, 0.2) is 0 Å². The number of aliphatic hydroxyl groups is 1. The van der Waals surface area contributed by atoms with E-state index in [2.05, 4.69) is 45.6 Å². The first-order chi connectivity index (χ1) is 31.6. The van der Waals surface area contributed by atoms with Crippen molar-refractivity contribution >= 4 is 41.4 Å². The molecule has 4 bridgehead atoms. The lowest BCUT2D eigenvalue weighted by molar-refractivity contribution is -0.143. The molecule has 18 heteroatoms. The number of hydrogen-bond donors (Lipinski definition) is 10. The van der Waals surface area contributed by atoms with Crippen molar-refractivity contribution < 1.29 is 54.0 Å². The van der Waals surface area contributed by atoms with E-state index in [0.717, 1.165) is 35.3 Å². The number of carboxylic acid groups (broad SMARTS) is 1. The second-order valence-corrected chi connectivity index (χ2v) is 16.1. The molecule has 6 amide bonds. The molecule has 0 saturated carbocycles. The van der Waals surface area contributed by atoms with Crippen LogP contribution in [0.4, 0.5) is 0 Å². The van der Waals surface area contributed by atoms with E-state index in [4.69, 9.17) is 5.73 Å². The SMILES string of the molecule is CCCCc1ccc(-c2ccc(C(=O)NC(CO)C(=O)NCC(=O)NC(CCCCN)C(=O)N(C)C3C(=O)NCC(=O)NC(C(=O)O)Cc4ccc(O)c(c4)-c4cc3ccc4O)cc2)cc1. The van der Waals surface area contributed by atoms with Crippen molar-refractivity contribution in [2.24, 2.45) is 5.73 Å². The van der Waals surface area contributed by atoms with Crippen LogP contribution in [0.25, 0.3) is 22.3 Å². The van der Waals surface area contributed by atoms with Gasteiger partial charge >= 0.3 is 5.97 Å². The maximum absolute atomic E-state index is 14.3. The fourth-order valence-electron chi connectivity index (χ4n) is 7.52. The van der Waals surface area contributed by atoms with E-state index in [9.17, 15) is 54.0 Å². The van der Waals surface area contributed by atoms with Crippen molar-refractivity contribution in [3.63, 3.8) is 0 Å². The lowest BCUT2D eigenvalue weighted by Gasteiger charge is -2.32. The molecule has 1 aliphatic rings. The summed E-state index contributed by atoms with van der Waals surface area (Å²) in [6.07, 6.45) is 3.89. The minimum Gasteiger partial charge on any atom is -0.507 e. The van der Waals surface area contributed by atoms with Gasteiger partial charge in [-0.15, -0.1) is 0 Å². The number of carbonyl (C=O) groups is 7. The zero-order valence-electron chi connectivity index (χ0n) is 36.8. The maximum atomic E-state index is 14.3. The molecule has 18 nitrogen and oxygen atoms in total. The number of benzene rings is 4. The van der Waals surface area contributed by atoms with Crippen LogP contribution in [0.5, 0.6) is 11.5 Å².